The summed E-state index contributed by atoms with van der Waals surface area (Å²) in [7, 11) is -4.03. The highest BCUT2D eigenvalue weighted by atomic mass is 79.9. The van der Waals surface area contributed by atoms with Crippen molar-refractivity contribution in [3.63, 3.8) is 0 Å². The number of carbonyl (C=O) groups is 1. The minimum Gasteiger partial charge on any atom is -0.465 e. The fraction of sp³-hybridized carbons (Fsp3) is 0.235. The molecule has 0 aliphatic heterocycles. The lowest BCUT2D eigenvalue weighted by Gasteiger charge is -2.24. The molecule has 0 amide bonds. The summed E-state index contributed by atoms with van der Waals surface area (Å²) in [5.74, 6) is -1.19. The highest BCUT2D eigenvalue weighted by Crippen LogP contribution is 2.26. The molecule has 0 aromatic heterocycles. The number of ether oxygens (including phenoxy) is 1. The molecule has 0 spiro atoms. The third kappa shape index (κ3) is 4.58. The van der Waals surface area contributed by atoms with Crippen LogP contribution in [-0.2, 0) is 19.6 Å². The standard InChI is InChI=1S/C17H17BrFNO4S/c1-3-24-17(21)11-20(14-6-4-13(19)5-7-14)25(22,23)15-8-9-16(18)12(2)10-15/h4-10H,3,11H2,1-2H3. The molecular weight excluding hydrogens is 413 g/mol. The van der Waals surface area contributed by atoms with Crippen molar-refractivity contribution in [3.8, 4) is 0 Å². The van der Waals surface area contributed by atoms with E-state index in [-0.39, 0.29) is 17.2 Å². The van der Waals surface area contributed by atoms with Crippen LogP contribution in [0.3, 0.4) is 0 Å². The molecule has 0 atom stereocenters. The molecule has 0 unspecified atom stereocenters. The summed E-state index contributed by atoms with van der Waals surface area (Å²) >= 11 is 3.32. The van der Waals surface area contributed by atoms with Crippen LogP contribution in [0.1, 0.15) is 12.5 Å². The normalized spacial score (nSPS) is 11.2. The summed E-state index contributed by atoms with van der Waals surface area (Å²) in [5.41, 5.74) is 0.909. The van der Waals surface area contributed by atoms with Crippen LogP contribution in [0.2, 0.25) is 0 Å². The van der Waals surface area contributed by atoms with Gasteiger partial charge in [0.1, 0.15) is 12.4 Å². The summed E-state index contributed by atoms with van der Waals surface area (Å²) in [5, 5.41) is 0. The van der Waals surface area contributed by atoms with Crippen molar-refractivity contribution in [2.75, 3.05) is 17.5 Å². The number of anilines is 1. The largest absolute Gasteiger partial charge is 0.465 e. The van der Waals surface area contributed by atoms with Gasteiger partial charge in [0.25, 0.3) is 10.0 Å². The van der Waals surface area contributed by atoms with E-state index >= 15 is 0 Å². The van der Waals surface area contributed by atoms with Crippen LogP contribution in [0.4, 0.5) is 10.1 Å². The van der Waals surface area contributed by atoms with Crippen LogP contribution in [-0.4, -0.2) is 27.5 Å². The maximum Gasteiger partial charge on any atom is 0.326 e. The third-order valence-corrected chi connectivity index (χ3v) is 6.07. The van der Waals surface area contributed by atoms with E-state index in [1.54, 1.807) is 19.9 Å². The molecule has 0 N–H and O–H groups in total. The van der Waals surface area contributed by atoms with Gasteiger partial charge in [-0.2, -0.15) is 0 Å². The van der Waals surface area contributed by atoms with E-state index in [4.69, 9.17) is 4.74 Å². The number of hydrogen-bond donors (Lipinski definition) is 0. The van der Waals surface area contributed by atoms with Crippen molar-refractivity contribution in [3.05, 3.63) is 58.3 Å². The van der Waals surface area contributed by atoms with E-state index < -0.39 is 28.4 Å². The van der Waals surface area contributed by atoms with E-state index in [9.17, 15) is 17.6 Å². The number of sulfonamides is 1. The average molecular weight is 430 g/mol. The summed E-state index contributed by atoms with van der Waals surface area (Å²) in [6.45, 7) is 3.02. The minimum atomic E-state index is -4.03. The van der Waals surface area contributed by atoms with Gasteiger partial charge in [-0.15, -0.1) is 0 Å². The molecule has 0 fully saturated rings. The molecule has 25 heavy (non-hydrogen) atoms. The third-order valence-electron chi connectivity index (χ3n) is 3.41. The maximum absolute atomic E-state index is 13.2. The van der Waals surface area contributed by atoms with Gasteiger partial charge in [-0.25, -0.2) is 12.8 Å². The Bertz CT molecular complexity index is 869. The van der Waals surface area contributed by atoms with E-state index in [0.717, 1.165) is 26.5 Å². The van der Waals surface area contributed by atoms with Crippen LogP contribution in [0.15, 0.2) is 51.8 Å². The van der Waals surface area contributed by atoms with Crippen molar-refractivity contribution in [1.82, 2.24) is 0 Å². The van der Waals surface area contributed by atoms with E-state index in [2.05, 4.69) is 15.9 Å². The molecule has 0 radical (unpaired) electrons. The van der Waals surface area contributed by atoms with Crippen molar-refractivity contribution in [2.45, 2.75) is 18.7 Å². The second kappa shape index (κ2) is 7.97. The van der Waals surface area contributed by atoms with Gasteiger partial charge in [-0.05, 0) is 61.9 Å². The topological polar surface area (TPSA) is 63.7 Å². The second-order valence-corrected chi connectivity index (χ2v) is 7.92. The van der Waals surface area contributed by atoms with E-state index in [0.29, 0.717) is 0 Å². The zero-order chi connectivity index (χ0) is 18.6. The second-order valence-electron chi connectivity index (χ2n) is 5.20. The first-order chi connectivity index (χ1) is 11.8. The zero-order valence-electron chi connectivity index (χ0n) is 13.7. The smallest absolute Gasteiger partial charge is 0.326 e. The Morgan fingerprint density at radius 2 is 1.84 bits per heavy atom. The van der Waals surface area contributed by atoms with E-state index in [1.165, 1.54) is 24.3 Å². The molecule has 0 aliphatic carbocycles. The Morgan fingerprint density at radius 3 is 2.40 bits per heavy atom. The van der Waals surface area contributed by atoms with E-state index in [1.807, 2.05) is 0 Å². The van der Waals surface area contributed by atoms with Gasteiger partial charge < -0.3 is 4.74 Å². The number of benzene rings is 2. The number of hydrogen-bond acceptors (Lipinski definition) is 4. The first kappa shape index (κ1) is 19.4. The minimum absolute atomic E-state index is 0.0295. The van der Waals surface area contributed by atoms with Crippen LogP contribution >= 0.6 is 15.9 Å². The molecule has 0 bridgehead atoms. The van der Waals surface area contributed by atoms with Crippen LogP contribution in [0, 0.1) is 12.7 Å². The van der Waals surface area contributed by atoms with Gasteiger partial charge in [0.05, 0.1) is 17.2 Å². The summed E-state index contributed by atoms with van der Waals surface area (Å²) < 4.78 is 45.8. The summed E-state index contributed by atoms with van der Waals surface area (Å²) in [6.07, 6.45) is 0. The summed E-state index contributed by atoms with van der Waals surface area (Å²) in [6, 6.07) is 9.44. The Labute approximate surface area is 154 Å². The molecule has 5 nitrogen and oxygen atoms in total. The fourth-order valence-corrected chi connectivity index (χ4v) is 3.89. The molecule has 2 rings (SSSR count). The van der Waals surface area contributed by atoms with Crippen LogP contribution < -0.4 is 4.31 Å². The molecule has 2 aromatic rings. The van der Waals surface area contributed by atoms with Crippen LogP contribution in [0.25, 0.3) is 0 Å². The summed E-state index contributed by atoms with van der Waals surface area (Å²) in [4.78, 5) is 11.9. The van der Waals surface area contributed by atoms with Crippen molar-refractivity contribution in [2.24, 2.45) is 0 Å². The Hall–Kier alpha value is -1.93. The Balaban J connectivity index is 2.50. The zero-order valence-corrected chi connectivity index (χ0v) is 16.1. The number of rotatable bonds is 6. The van der Waals surface area contributed by atoms with Gasteiger partial charge in [0, 0.05) is 4.47 Å². The predicted molar refractivity (Wildman–Crippen MR) is 96.4 cm³/mol. The van der Waals surface area contributed by atoms with Gasteiger partial charge in [-0.3, -0.25) is 9.10 Å². The van der Waals surface area contributed by atoms with Crippen molar-refractivity contribution < 1.29 is 22.3 Å². The SMILES string of the molecule is CCOC(=O)CN(c1ccc(F)cc1)S(=O)(=O)c1ccc(Br)c(C)c1. The first-order valence-electron chi connectivity index (χ1n) is 7.45. The lowest BCUT2D eigenvalue weighted by Crippen LogP contribution is -2.36. The monoisotopic (exact) mass is 429 g/mol. The number of esters is 1. The van der Waals surface area contributed by atoms with Gasteiger partial charge in [-0.1, -0.05) is 15.9 Å². The molecule has 8 heteroatoms. The van der Waals surface area contributed by atoms with Gasteiger partial charge >= 0.3 is 5.97 Å². The van der Waals surface area contributed by atoms with Gasteiger partial charge in [0.15, 0.2) is 0 Å². The first-order valence-corrected chi connectivity index (χ1v) is 9.69. The number of nitrogens with zero attached hydrogens (tertiary/aromatic N) is 1. The molecule has 134 valence electrons. The average Bonchev–Trinajstić information content (AvgIpc) is 2.56. The van der Waals surface area contributed by atoms with Crippen molar-refractivity contribution in [1.29, 1.82) is 0 Å². The predicted octanol–water partition coefficient (Wildman–Crippen LogP) is 3.66. The van der Waals surface area contributed by atoms with Crippen LogP contribution in [0.5, 0.6) is 0 Å². The Kier molecular flexibility index (Phi) is 6.18. The number of carbonyl (C=O) groups excluding carboxylic acids is 1. The van der Waals surface area contributed by atoms with Crippen molar-refractivity contribution >= 4 is 37.6 Å². The quantitative estimate of drug-likeness (QED) is 0.657. The molecule has 0 aliphatic rings. The maximum atomic E-state index is 13.2. The molecular formula is C17H17BrFNO4S. The Morgan fingerprint density at radius 1 is 1.20 bits per heavy atom. The lowest BCUT2D eigenvalue weighted by molar-refractivity contribution is -0.141. The highest BCUT2D eigenvalue weighted by molar-refractivity contribution is 9.10. The highest BCUT2D eigenvalue weighted by Gasteiger charge is 2.28. The number of aryl methyl sites for hydroxylation is 1. The lowest BCUT2D eigenvalue weighted by atomic mass is 10.2. The fourth-order valence-electron chi connectivity index (χ4n) is 2.15. The molecule has 2 aromatic carbocycles. The molecule has 0 saturated carbocycles. The molecule has 0 heterocycles. The molecule has 0 saturated heterocycles. The number of halogens is 2. The van der Waals surface area contributed by atoms with Gasteiger partial charge in [0.2, 0.25) is 0 Å².